The Kier molecular flexibility index (Phi) is 9.00. The van der Waals surface area contributed by atoms with Gasteiger partial charge in [0.05, 0.1) is 6.61 Å². The van der Waals surface area contributed by atoms with Crippen LogP contribution in [0.2, 0.25) is 5.02 Å². The molecule has 0 aromatic heterocycles. The highest BCUT2D eigenvalue weighted by Crippen LogP contribution is 2.17. The fourth-order valence-corrected chi connectivity index (χ4v) is 3.19. The van der Waals surface area contributed by atoms with Gasteiger partial charge < -0.3 is 15.0 Å². The standard InChI is InChI=1S/C23H29ClN2O3/c1-4-21(23(28)25-3)26(16-18-9-11-19(24)12-10-18)22(27)6-5-15-29-20-13-7-17(2)8-14-20/h7-14,21H,4-6,15-16H2,1-3H3,(H,25,28)/t21-/m0/s1. The molecule has 0 radical (unpaired) electrons. The van der Waals surface area contributed by atoms with Crippen LogP contribution in [0.4, 0.5) is 0 Å². The maximum atomic E-state index is 13.0. The number of hydrogen-bond donors (Lipinski definition) is 1. The number of amides is 2. The molecule has 29 heavy (non-hydrogen) atoms. The van der Waals surface area contributed by atoms with Gasteiger partial charge in [0, 0.05) is 25.0 Å². The van der Waals surface area contributed by atoms with Crippen LogP contribution in [0.25, 0.3) is 0 Å². The Hall–Kier alpha value is -2.53. The number of aryl methyl sites for hydroxylation is 1. The number of nitrogens with zero attached hydrogens (tertiary/aromatic N) is 1. The first kappa shape index (κ1) is 22.8. The maximum absolute atomic E-state index is 13.0. The molecule has 0 fully saturated rings. The first-order valence-corrected chi connectivity index (χ1v) is 10.3. The summed E-state index contributed by atoms with van der Waals surface area (Å²) < 4.78 is 5.71. The lowest BCUT2D eigenvalue weighted by Crippen LogP contribution is -2.48. The molecule has 2 aromatic carbocycles. The molecule has 2 rings (SSSR count). The monoisotopic (exact) mass is 416 g/mol. The fraction of sp³-hybridized carbons (Fsp3) is 0.391. The van der Waals surface area contributed by atoms with E-state index in [0.717, 1.165) is 11.3 Å². The Morgan fingerprint density at radius 2 is 1.76 bits per heavy atom. The molecular formula is C23H29ClN2O3. The van der Waals surface area contributed by atoms with Crippen molar-refractivity contribution < 1.29 is 14.3 Å². The van der Waals surface area contributed by atoms with E-state index in [1.807, 2.05) is 50.2 Å². The zero-order chi connectivity index (χ0) is 21.2. The number of rotatable bonds is 10. The van der Waals surface area contributed by atoms with E-state index in [1.54, 1.807) is 24.1 Å². The van der Waals surface area contributed by atoms with Gasteiger partial charge in [-0.05, 0) is 49.6 Å². The van der Waals surface area contributed by atoms with Gasteiger partial charge in [0.15, 0.2) is 0 Å². The minimum Gasteiger partial charge on any atom is -0.494 e. The second kappa shape index (κ2) is 11.5. The van der Waals surface area contributed by atoms with Crippen LogP contribution >= 0.6 is 11.6 Å². The third kappa shape index (κ3) is 7.09. The minimum absolute atomic E-state index is 0.0668. The van der Waals surface area contributed by atoms with Crippen molar-refractivity contribution in [1.82, 2.24) is 10.2 Å². The van der Waals surface area contributed by atoms with E-state index in [9.17, 15) is 9.59 Å². The lowest BCUT2D eigenvalue weighted by molar-refractivity contribution is -0.141. The van der Waals surface area contributed by atoms with E-state index < -0.39 is 6.04 Å². The fourth-order valence-electron chi connectivity index (χ4n) is 3.06. The van der Waals surface area contributed by atoms with E-state index in [2.05, 4.69) is 5.32 Å². The molecule has 0 unspecified atom stereocenters. The molecule has 0 bridgehead atoms. The predicted octanol–water partition coefficient (Wildman–Crippen LogP) is 4.36. The van der Waals surface area contributed by atoms with Gasteiger partial charge in [0.2, 0.25) is 11.8 Å². The van der Waals surface area contributed by atoms with Crippen molar-refractivity contribution in [2.24, 2.45) is 0 Å². The van der Waals surface area contributed by atoms with Crippen LogP contribution in [0.5, 0.6) is 5.75 Å². The summed E-state index contributed by atoms with van der Waals surface area (Å²) in [7, 11) is 1.59. The van der Waals surface area contributed by atoms with E-state index in [0.29, 0.717) is 37.4 Å². The van der Waals surface area contributed by atoms with Crippen LogP contribution in [-0.2, 0) is 16.1 Å². The molecule has 156 valence electrons. The quantitative estimate of drug-likeness (QED) is 0.585. The first-order chi connectivity index (χ1) is 13.9. The molecule has 0 aliphatic rings. The van der Waals surface area contributed by atoms with Crippen molar-refractivity contribution in [3.63, 3.8) is 0 Å². The highest BCUT2D eigenvalue weighted by molar-refractivity contribution is 6.30. The third-order valence-corrected chi connectivity index (χ3v) is 4.98. The van der Waals surface area contributed by atoms with Crippen LogP contribution in [-0.4, -0.2) is 36.4 Å². The van der Waals surface area contributed by atoms with Gasteiger partial charge in [-0.3, -0.25) is 9.59 Å². The molecule has 5 nitrogen and oxygen atoms in total. The van der Waals surface area contributed by atoms with Crippen LogP contribution in [0.1, 0.15) is 37.3 Å². The smallest absolute Gasteiger partial charge is 0.242 e. The summed E-state index contributed by atoms with van der Waals surface area (Å²) in [6.07, 6.45) is 1.43. The van der Waals surface area contributed by atoms with Crippen LogP contribution in [0.3, 0.4) is 0 Å². The number of carbonyl (C=O) groups excluding carboxylic acids is 2. The molecule has 6 heteroatoms. The maximum Gasteiger partial charge on any atom is 0.242 e. The largest absolute Gasteiger partial charge is 0.494 e. The zero-order valence-corrected chi connectivity index (χ0v) is 18.0. The van der Waals surface area contributed by atoms with E-state index in [1.165, 1.54) is 5.56 Å². The summed E-state index contributed by atoms with van der Waals surface area (Å²) >= 11 is 5.96. The Morgan fingerprint density at radius 1 is 1.10 bits per heavy atom. The number of halogens is 1. The van der Waals surface area contributed by atoms with Crippen LogP contribution in [0.15, 0.2) is 48.5 Å². The second-order valence-electron chi connectivity index (χ2n) is 6.95. The first-order valence-electron chi connectivity index (χ1n) is 9.89. The summed E-state index contributed by atoms with van der Waals surface area (Å²) in [5, 5.41) is 3.30. The number of nitrogens with one attached hydrogen (secondary N) is 1. The summed E-state index contributed by atoms with van der Waals surface area (Å²) in [5.41, 5.74) is 2.10. The second-order valence-corrected chi connectivity index (χ2v) is 7.39. The molecule has 2 aromatic rings. The molecule has 0 spiro atoms. The molecular weight excluding hydrogens is 388 g/mol. The van der Waals surface area contributed by atoms with Gasteiger partial charge in [-0.25, -0.2) is 0 Å². The van der Waals surface area contributed by atoms with Crippen molar-refractivity contribution in [1.29, 1.82) is 0 Å². The Morgan fingerprint density at radius 3 is 2.34 bits per heavy atom. The third-order valence-electron chi connectivity index (χ3n) is 4.72. The highest BCUT2D eigenvalue weighted by atomic mass is 35.5. The van der Waals surface area contributed by atoms with Gasteiger partial charge in [-0.1, -0.05) is 48.4 Å². The molecule has 0 saturated carbocycles. The molecule has 2 amide bonds. The molecule has 0 aliphatic carbocycles. The average Bonchev–Trinajstić information content (AvgIpc) is 2.73. The van der Waals surface area contributed by atoms with Crippen molar-refractivity contribution in [2.75, 3.05) is 13.7 Å². The van der Waals surface area contributed by atoms with Gasteiger partial charge in [-0.2, -0.15) is 0 Å². The molecule has 1 N–H and O–H groups in total. The number of benzene rings is 2. The van der Waals surface area contributed by atoms with Crippen molar-refractivity contribution in [3.05, 3.63) is 64.7 Å². The SMILES string of the molecule is CC[C@@H](C(=O)NC)N(Cc1ccc(Cl)cc1)C(=O)CCCOc1ccc(C)cc1. The molecule has 0 aliphatic heterocycles. The number of hydrogen-bond acceptors (Lipinski definition) is 3. The van der Waals surface area contributed by atoms with E-state index in [-0.39, 0.29) is 11.8 Å². The van der Waals surface area contributed by atoms with Crippen LogP contribution < -0.4 is 10.1 Å². The average molecular weight is 417 g/mol. The topological polar surface area (TPSA) is 58.6 Å². The van der Waals surface area contributed by atoms with Crippen molar-refractivity contribution in [2.45, 2.75) is 45.7 Å². The Labute approximate surface area is 178 Å². The molecule has 0 saturated heterocycles. The molecule has 0 heterocycles. The summed E-state index contributed by atoms with van der Waals surface area (Å²) in [6.45, 7) is 4.73. The lowest BCUT2D eigenvalue weighted by atomic mass is 10.1. The summed E-state index contributed by atoms with van der Waals surface area (Å²) in [5.74, 6) is 0.562. The normalized spacial score (nSPS) is 11.6. The summed E-state index contributed by atoms with van der Waals surface area (Å²) in [4.78, 5) is 26.9. The minimum atomic E-state index is -0.513. The number of ether oxygens (including phenoxy) is 1. The van der Waals surface area contributed by atoms with Gasteiger partial charge in [0.25, 0.3) is 0 Å². The lowest BCUT2D eigenvalue weighted by Gasteiger charge is -2.30. The van der Waals surface area contributed by atoms with Crippen LogP contribution in [0, 0.1) is 6.92 Å². The van der Waals surface area contributed by atoms with E-state index in [4.69, 9.17) is 16.3 Å². The van der Waals surface area contributed by atoms with E-state index >= 15 is 0 Å². The van der Waals surface area contributed by atoms with Gasteiger partial charge in [-0.15, -0.1) is 0 Å². The number of carbonyl (C=O) groups is 2. The Balaban J connectivity index is 1.99. The number of likely N-dealkylation sites (N-methyl/N-ethyl adjacent to an activating group) is 1. The predicted molar refractivity (Wildman–Crippen MR) is 116 cm³/mol. The highest BCUT2D eigenvalue weighted by Gasteiger charge is 2.27. The van der Waals surface area contributed by atoms with Crippen molar-refractivity contribution in [3.8, 4) is 5.75 Å². The zero-order valence-electron chi connectivity index (χ0n) is 17.3. The van der Waals surface area contributed by atoms with Gasteiger partial charge in [0.1, 0.15) is 11.8 Å². The van der Waals surface area contributed by atoms with Gasteiger partial charge >= 0.3 is 0 Å². The summed E-state index contributed by atoms with van der Waals surface area (Å²) in [6, 6.07) is 14.6. The van der Waals surface area contributed by atoms with Crippen molar-refractivity contribution >= 4 is 23.4 Å². The molecule has 1 atom stereocenters. The Bertz CT molecular complexity index is 791.